The Balaban J connectivity index is 1.99. The number of H-pyrrole nitrogens is 1. The zero-order valence-corrected chi connectivity index (χ0v) is 8.07. The van der Waals surface area contributed by atoms with Gasteiger partial charge in [-0.2, -0.15) is 0 Å². The van der Waals surface area contributed by atoms with Crippen molar-refractivity contribution in [1.29, 1.82) is 0 Å². The van der Waals surface area contributed by atoms with Crippen LogP contribution in [-0.4, -0.2) is 34.9 Å². The SMILES string of the molecule is NC1CCN(C(=O)c2cc[nH]c2)CC1. The summed E-state index contributed by atoms with van der Waals surface area (Å²) >= 11 is 0. The average molecular weight is 193 g/mol. The van der Waals surface area contributed by atoms with Gasteiger partial charge in [-0.1, -0.05) is 0 Å². The number of nitrogens with zero attached hydrogens (tertiary/aromatic N) is 1. The predicted octanol–water partition coefficient (Wildman–Crippen LogP) is 0.578. The molecule has 1 aromatic rings. The van der Waals surface area contributed by atoms with Crippen LogP contribution >= 0.6 is 0 Å². The number of hydrogen-bond acceptors (Lipinski definition) is 2. The van der Waals surface area contributed by atoms with Gasteiger partial charge in [0.15, 0.2) is 0 Å². The summed E-state index contributed by atoms with van der Waals surface area (Å²) in [5, 5.41) is 0. The Hall–Kier alpha value is -1.29. The Morgan fingerprint density at radius 3 is 2.79 bits per heavy atom. The molecule has 1 fully saturated rings. The van der Waals surface area contributed by atoms with Crippen molar-refractivity contribution in [3.63, 3.8) is 0 Å². The van der Waals surface area contributed by atoms with Crippen LogP contribution in [0.5, 0.6) is 0 Å². The van der Waals surface area contributed by atoms with E-state index < -0.39 is 0 Å². The van der Waals surface area contributed by atoms with Crippen LogP contribution in [0.1, 0.15) is 23.2 Å². The molecule has 4 nitrogen and oxygen atoms in total. The van der Waals surface area contributed by atoms with Crippen molar-refractivity contribution < 1.29 is 4.79 Å². The first-order chi connectivity index (χ1) is 6.77. The fraction of sp³-hybridized carbons (Fsp3) is 0.500. The topological polar surface area (TPSA) is 62.1 Å². The predicted molar refractivity (Wildman–Crippen MR) is 53.9 cm³/mol. The quantitative estimate of drug-likeness (QED) is 0.685. The number of nitrogens with two attached hydrogens (primary N) is 1. The molecular weight excluding hydrogens is 178 g/mol. The summed E-state index contributed by atoms with van der Waals surface area (Å²) in [5.41, 5.74) is 6.51. The molecule has 0 unspecified atom stereocenters. The summed E-state index contributed by atoms with van der Waals surface area (Å²) in [6, 6.07) is 2.07. The van der Waals surface area contributed by atoms with Gasteiger partial charge in [0.1, 0.15) is 0 Å². The molecule has 3 N–H and O–H groups in total. The monoisotopic (exact) mass is 193 g/mol. The number of rotatable bonds is 1. The van der Waals surface area contributed by atoms with Gasteiger partial charge in [0.05, 0.1) is 5.56 Å². The van der Waals surface area contributed by atoms with E-state index in [-0.39, 0.29) is 11.9 Å². The highest BCUT2D eigenvalue weighted by molar-refractivity contribution is 5.94. The molecule has 1 saturated heterocycles. The van der Waals surface area contributed by atoms with Crippen molar-refractivity contribution in [1.82, 2.24) is 9.88 Å². The summed E-state index contributed by atoms with van der Waals surface area (Å²) < 4.78 is 0. The molecule has 14 heavy (non-hydrogen) atoms. The Labute approximate surface area is 83.1 Å². The molecule has 2 rings (SSSR count). The van der Waals surface area contributed by atoms with E-state index in [0.29, 0.717) is 0 Å². The maximum absolute atomic E-state index is 11.8. The largest absolute Gasteiger partial charge is 0.367 e. The third kappa shape index (κ3) is 1.80. The highest BCUT2D eigenvalue weighted by Gasteiger charge is 2.21. The van der Waals surface area contributed by atoms with Crippen molar-refractivity contribution in [2.45, 2.75) is 18.9 Å². The Morgan fingerprint density at radius 1 is 1.50 bits per heavy atom. The normalized spacial score (nSPS) is 18.5. The fourth-order valence-corrected chi connectivity index (χ4v) is 1.74. The molecule has 76 valence electrons. The molecule has 4 heteroatoms. The molecule has 0 bridgehead atoms. The van der Waals surface area contributed by atoms with Crippen molar-refractivity contribution >= 4 is 5.91 Å². The zero-order valence-electron chi connectivity index (χ0n) is 8.07. The minimum absolute atomic E-state index is 0.109. The summed E-state index contributed by atoms with van der Waals surface area (Å²) in [6.45, 7) is 1.57. The molecule has 2 heterocycles. The molecule has 1 aliphatic rings. The number of nitrogens with one attached hydrogen (secondary N) is 1. The molecule has 1 aliphatic heterocycles. The van der Waals surface area contributed by atoms with E-state index in [2.05, 4.69) is 4.98 Å². The average Bonchev–Trinajstić information content (AvgIpc) is 2.71. The minimum Gasteiger partial charge on any atom is -0.367 e. The first kappa shape index (κ1) is 9.27. The summed E-state index contributed by atoms with van der Waals surface area (Å²) in [7, 11) is 0. The van der Waals surface area contributed by atoms with Crippen molar-refractivity contribution in [2.24, 2.45) is 5.73 Å². The highest BCUT2D eigenvalue weighted by atomic mass is 16.2. The van der Waals surface area contributed by atoms with Gasteiger partial charge in [-0.25, -0.2) is 0 Å². The van der Waals surface area contributed by atoms with Crippen LogP contribution in [0.4, 0.5) is 0 Å². The van der Waals surface area contributed by atoms with Crippen molar-refractivity contribution in [3.05, 3.63) is 24.0 Å². The summed E-state index contributed by atoms with van der Waals surface area (Å²) in [6.07, 6.45) is 5.33. The van der Waals surface area contributed by atoms with Crippen LogP contribution in [0.3, 0.4) is 0 Å². The second kappa shape index (κ2) is 3.84. The molecule has 0 atom stereocenters. The van der Waals surface area contributed by atoms with Gasteiger partial charge in [0, 0.05) is 31.5 Å². The highest BCUT2D eigenvalue weighted by Crippen LogP contribution is 2.11. The fourth-order valence-electron chi connectivity index (χ4n) is 1.74. The van der Waals surface area contributed by atoms with Crippen LogP contribution in [0.25, 0.3) is 0 Å². The minimum atomic E-state index is 0.109. The van der Waals surface area contributed by atoms with Gasteiger partial charge < -0.3 is 15.6 Å². The van der Waals surface area contributed by atoms with E-state index >= 15 is 0 Å². The van der Waals surface area contributed by atoms with Gasteiger partial charge in [-0.3, -0.25) is 4.79 Å². The van der Waals surface area contributed by atoms with E-state index in [0.717, 1.165) is 31.5 Å². The number of carbonyl (C=O) groups excluding carboxylic acids is 1. The van der Waals surface area contributed by atoms with Crippen LogP contribution in [-0.2, 0) is 0 Å². The van der Waals surface area contributed by atoms with Crippen LogP contribution < -0.4 is 5.73 Å². The maximum atomic E-state index is 11.8. The molecule has 1 aromatic heterocycles. The number of likely N-dealkylation sites (tertiary alicyclic amines) is 1. The number of aromatic nitrogens is 1. The first-order valence-electron chi connectivity index (χ1n) is 4.95. The van der Waals surface area contributed by atoms with E-state index in [1.807, 2.05) is 4.90 Å². The lowest BCUT2D eigenvalue weighted by Crippen LogP contribution is -2.42. The third-order valence-electron chi connectivity index (χ3n) is 2.67. The first-order valence-corrected chi connectivity index (χ1v) is 4.95. The van der Waals surface area contributed by atoms with Gasteiger partial charge in [-0.05, 0) is 18.9 Å². The number of piperidine rings is 1. The van der Waals surface area contributed by atoms with Crippen molar-refractivity contribution in [2.75, 3.05) is 13.1 Å². The number of aromatic amines is 1. The molecular formula is C10H15N3O. The molecule has 0 aromatic carbocycles. The van der Waals surface area contributed by atoms with Crippen LogP contribution in [0.2, 0.25) is 0 Å². The van der Waals surface area contributed by atoms with Gasteiger partial charge in [-0.15, -0.1) is 0 Å². The lowest BCUT2D eigenvalue weighted by atomic mass is 10.1. The van der Waals surface area contributed by atoms with E-state index in [1.54, 1.807) is 18.5 Å². The van der Waals surface area contributed by atoms with E-state index in [4.69, 9.17) is 5.73 Å². The lowest BCUT2D eigenvalue weighted by Gasteiger charge is -2.29. The smallest absolute Gasteiger partial charge is 0.255 e. The van der Waals surface area contributed by atoms with Crippen LogP contribution in [0, 0.1) is 0 Å². The third-order valence-corrected chi connectivity index (χ3v) is 2.67. The second-order valence-corrected chi connectivity index (χ2v) is 3.73. The second-order valence-electron chi connectivity index (χ2n) is 3.73. The Bertz CT molecular complexity index is 299. The molecule has 0 aliphatic carbocycles. The number of amides is 1. The summed E-state index contributed by atoms with van der Waals surface area (Å²) in [4.78, 5) is 16.6. The standard InChI is InChI=1S/C10H15N3O/c11-9-2-5-13(6-3-9)10(14)8-1-4-12-7-8/h1,4,7,9,12H,2-3,5-6,11H2. The van der Waals surface area contributed by atoms with Crippen LogP contribution in [0.15, 0.2) is 18.5 Å². The van der Waals surface area contributed by atoms with Gasteiger partial charge in [0.25, 0.3) is 5.91 Å². The zero-order chi connectivity index (χ0) is 9.97. The number of hydrogen-bond donors (Lipinski definition) is 2. The molecule has 0 saturated carbocycles. The molecule has 1 amide bonds. The molecule has 0 radical (unpaired) electrons. The van der Waals surface area contributed by atoms with Gasteiger partial charge >= 0.3 is 0 Å². The Morgan fingerprint density at radius 2 is 2.21 bits per heavy atom. The van der Waals surface area contributed by atoms with E-state index in [1.165, 1.54) is 0 Å². The summed E-state index contributed by atoms with van der Waals surface area (Å²) in [5.74, 6) is 0.109. The lowest BCUT2D eigenvalue weighted by molar-refractivity contribution is 0.0715. The van der Waals surface area contributed by atoms with E-state index in [9.17, 15) is 4.79 Å². The van der Waals surface area contributed by atoms with Crippen molar-refractivity contribution in [3.8, 4) is 0 Å². The number of carbonyl (C=O) groups is 1. The van der Waals surface area contributed by atoms with Gasteiger partial charge in [0.2, 0.25) is 0 Å². The Kier molecular flexibility index (Phi) is 2.54. The maximum Gasteiger partial charge on any atom is 0.255 e. The molecule has 0 spiro atoms.